The van der Waals surface area contributed by atoms with E-state index < -0.39 is 11.9 Å². The first-order valence-corrected chi connectivity index (χ1v) is 12.0. The normalized spacial score (nSPS) is 19.1. The molecule has 2 aliphatic heterocycles. The zero-order valence-electron chi connectivity index (χ0n) is 18.4. The molecule has 0 radical (unpaired) electrons. The van der Waals surface area contributed by atoms with E-state index in [1.54, 1.807) is 29.2 Å². The average Bonchev–Trinajstić information content (AvgIpc) is 3.41. The van der Waals surface area contributed by atoms with Crippen LogP contribution in [0.5, 0.6) is 11.5 Å². The van der Waals surface area contributed by atoms with Crippen molar-refractivity contribution in [3.05, 3.63) is 58.8 Å². The molecular formula is C24H23FN2O5S2. The van der Waals surface area contributed by atoms with Crippen molar-refractivity contribution in [1.29, 1.82) is 0 Å². The lowest BCUT2D eigenvalue weighted by atomic mass is 10.1. The summed E-state index contributed by atoms with van der Waals surface area (Å²) in [5.74, 6) is 0.00395. The predicted octanol–water partition coefficient (Wildman–Crippen LogP) is 5.22. The summed E-state index contributed by atoms with van der Waals surface area (Å²) in [6.45, 7) is 3.34. The van der Waals surface area contributed by atoms with E-state index in [4.69, 9.17) is 26.4 Å². The fourth-order valence-electron chi connectivity index (χ4n) is 3.54. The molecular weight excluding hydrogens is 479 g/mol. The second-order valence-electron chi connectivity index (χ2n) is 7.59. The van der Waals surface area contributed by atoms with Gasteiger partial charge in [-0.1, -0.05) is 30.0 Å². The van der Waals surface area contributed by atoms with Crippen LogP contribution >= 0.6 is 24.0 Å². The Hall–Kier alpha value is -2.95. The Morgan fingerprint density at radius 3 is 2.79 bits per heavy atom. The van der Waals surface area contributed by atoms with Gasteiger partial charge in [-0.15, -0.1) is 0 Å². The summed E-state index contributed by atoms with van der Waals surface area (Å²) in [5.41, 5.74) is 1.10. The molecule has 2 aromatic carbocycles. The Morgan fingerprint density at radius 2 is 2.09 bits per heavy atom. The van der Waals surface area contributed by atoms with Gasteiger partial charge in [0, 0.05) is 12.3 Å². The van der Waals surface area contributed by atoms with Crippen molar-refractivity contribution < 1.29 is 28.2 Å². The zero-order valence-corrected chi connectivity index (χ0v) is 20.0. The number of rotatable bonds is 7. The number of halogens is 1. The number of nitrogens with zero attached hydrogens (tertiary/aromatic N) is 1. The van der Waals surface area contributed by atoms with Crippen molar-refractivity contribution in [2.24, 2.45) is 0 Å². The minimum Gasteiger partial charge on any atom is -0.490 e. The molecule has 178 valence electrons. The summed E-state index contributed by atoms with van der Waals surface area (Å²) in [6.07, 6.45) is 2.93. The van der Waals surface area contributed by atoms with E-state index in [0.29, 0.717) is 46.0 Å². The largest absolute Gasteiger partial charge is 0.490 e. The van der Waals surface area contributed by atoms with E-state index in [-0.39, 0.29) is 17.8 Å². The molecule has 0 bridgehead atoms. The number of hydrogen-bond acceptors (Lipinski definition) is 7. The van der Waals surface area contributed by atoms with Crippen molar-refractivity contribution in [2.45, 2.75) is 25.9 Å². The number of anilines is 1. The molecule has 2 saturated heterocycles. The molecule has 0 aliphatic carbocycles. The maximum absolute atomic E-state index is 13.0. The van der Waals surface area contributed by atoms with Crippen LogP contribution in [0.2, 0.25) is 0 Å². The summed E-state index contributed by atoms with van der Waals surface area (Å²) in [6, 6.07) is 10.3. The first-order valence-electron chi connectivity index (χ1n) is 10.8. The van der Waals surface area contributed by atoms with Crippen LogP contribution < -0.4 is 14.8 Å². The third kappa shape index (κ3) is 5.94. The van der Waals surface area contributed by atoms with Gasteiger partial charge in [0.05, 0.1) is 24.2 Å². The van der Waals surface area contributed by atoms with Crippen LogP contribution in [0.1, 0.15) is 25.3 Å². The average molecular weight is 503 g/mol. The molecule has 2 aliphatic rings. The number of ether oxygens (including phenoxy) is 3. The van der Waals surface area contributed by atoms with E-state index in [1.165, 1.54) is 36.0 Å². The highest BCUT2D eigenvalue weighted by atomic mass is 32.2. The van der Waals surface area contributed by atoms with Crippen LogP contribution in [0.25, 0.3) is 6.08 Å². The third-order valence-electron chi connectivity index (χ3n) is 5.14. The van der Waals surface area contributed by atoms with E-state index in [2.05, 4.69) is 5.32 Å². The number of benzene rings is 2. The third-order valence-corrected chi connectivity index (χ3v) is 6.52. The first-order chi connectivity index (χ1) is 16.4. The van der Waals surface area contributed by atoms with Gasteiger partial charge in [0.15, 0.2) is 11.5 Å². The van der Waals surface area contributed by atoms with Crippen LogP contribution in [0, 0.1) is 5.82 Å². The Labute approximate surface area is 206 Å². The van der Waals surface area contributed by atoms with Crippen LogP contribution in [0.15, 0.2) is 47.4 Å². The molecule has 34 heavy (non-hydrogen) atoms. The summed E-state index contributed by atoms with van der Waals surface area (Å²) in [4.78, 5) is 27.3. The molecule has 10 heteroatoms. The van der Waals surface area contributed by atoms with Crippen molar-refractivity contribution in [3.8, 4) is 11.5 Å². The smallest absolute Gasteiger partial charge is 0.417 e. The Balaban J connectivity index is 1.46. The Kier molecular flexibility index (Phi) is 7.81. The van der Waals surface area contributed by atoms with Crippen LogP contribution in [-0.2, 0) is 9.53 Å². The molecule has 7 nitrogen and oxygen atoms in total. The highest BCUT2D eigenvalue weighted by Crippen LogP contribution is 2.35. The summed E-state index contributed by atoms with van der Waals surface area (Å²) >= 11 is 6.65. The number of amides is 2. The molecule has 1 atom stereocenters. The van der Waals surface area contributed by atoms with Gasteiger partial charge < -0.3 is 14.2 Å². The standard InChI is InChI=1S/C24H23FN2O5S2/c1-2-30-20-12-15(5-10-19(20)32-23(29)26-17-8-6-16(25)7-9-17)13-21-22(28)27(24(33)34-21)14-18-4-3-11-31-18/h5-10,12-13,18H,2-4,11,14H2,1H3,(H,26,29)/b21-13+/t18-/m1/s1. The highest BCUT2D eigenvalue weighted by molar-refractivity contribution is 8.26. The second kappa shape index (κ2) is 11.0. The highest BCUT2D eigenvalue weighted by Gasteiger charge is 2.34. The fourth-order valence-corrected chi connectivity index (χ4v) is 4.82. The Bertz CT molecular complexity index is 1120. The minimum absolute atomic E-state index is 0.0175. The summed E-state index contributed by atoms with van der Waals surface area (Å²) in [5, 5.41) is 2.53. The lowest BCUT2D eigenvalue weighted by Crippen LogP contribution is -2.35. The number of thioether (sulfide) groups is 1. The minimum atomic E-state index is -0.740. The molecule has 0 saturated carbocycles. The van der Waals surface area contributed by atoms with E-state index >= 15 is 0 Å². The van der Waals surface area contributed by atoms with Crippen molar-refractivity contribution >= 4 is 52.1 Å². The number of carbonyl (C=O) groups is 2. The van der Waals surface area contributed by atoms with E-state index in [0.717, 1.165) is 12.8 Å². The van der Waals surface area contributed by atoms with Gasteiger partial charge in [-0.2, -0.15) is 0 Å². The lowest BCUT2D eigenvalue weighted by Gasteiger charge is -2.18. The van der Waals surface area contributed by atoms with Gasteiger partial charge in [-0.25, -0.2) is 9.18 Å². The van der Waals surface area contributed by atoms with Crippen LogP contribution in [0.4, 0.5) is 14.9 Å². The van der Waals surface area contributed by atoms with Crippen molar-refractivity contribution in [3.63, 3.8) is 0 Å². The van der Waals surface area contributed by atoms with Gasteiger partial charge in [-0.05, 0) is 67.8 Å². The number of thiocarbonyl (C=S) groups is 1. The van der Waals surface area contributed by atoms with Crippen LogP contribution in [-0.4, -0.2) is 47.1 Å². The maximum atomic E-state index is 13.0. The first kappa shape index (κ1) is 24.2. The zero-order chi connectivity index (χ0) is 24.1. The van der Waals surface area contributed by atoms with Crippen molar-refractivity contribution in [2.75, 3.05) is 25.1 Å². The van der Waals surface area contributed by atoms with Crippen LogP contribution in [0.3, 0.4) is 0 Å². The molecule has 2 amide bonds. The van der Waals surface area contributed by atoms with Gasteiger partial charge in [0.25, 0.3) is 5.91 Å². The summed E-state index contributed by atoms with van der Waals surface area (Å²) in [7, 11) is 0. The SMILES string of the molecule is CCOc1cc(/C=C2/SC(=S)N(C[C@H]3CCCO3)C2=O)ccc1OC(=O)Nc1ccc(F)cc1. The molecule has 0 unspecified atom stereocenters. The van der Waals surface area contributed by atoms with Gasteiger partial charge in [0.2, 0.25) is 0 Å². The Morgan fingerprint density at radius 1 is 1.29 bits per heavy atom. The monoisotopic (exact) mass is 502 g/mol. The van der Waals surface area contributed by atoms with Gasteiger partial charge >= 0.3 is 6.09 Å². The molecule has 0 spiro atoms. The molecule has 2 aromatic rings. The van der Waals surface area contributed by atoms with E-state index in [9.17, 15) is 14.0 Å². The summed E-state index contributed by atoms with van der Waals surface area (Å²) < 4.78 is 30.2. The molecule has 0 aromatic heterocycles. The predicted molar refractivity (Wildman–Crippen MR) is 133 cm³/mol. The molecule has 1 N–H and O–H groups in total. The molecule has 2 heterocycles. The molecule has 2 fully saturated rings. The van der Waals surface area contributed by atoms with Gasteiger partial charge in [0.1, 0.15) is 10.1 Å². The number of hydrogen-bond donors (Lipinski definition) is 1. The second-order valence-corrected chi connectivity index (χ2v) is 9.26. The maximum Gasteiger partial charge on any atom is 0.417 e. The van der Waals surface area contributed by atoms with Gasteiger partial charge in [-0.3, -0.25) is 15.0 Å². The topological polar surface area (TPSA) is 77.1 Å². The quantitative estimate of drug-likeness (QED) is 0.411. The molecule has 4 rings (SSSR count). The number of nitrogens with one attached hydrogen (secondary N) is 1. The van der Waals surface area contributed by atoms with Crippen molar-refractivity contribution in [1.82, 2.24) is 4.90 Å². The lowest BCUT2D eigenvalue weighted by molar-refractivity contribution is -0.123. The van der Waals surface area contributed by atoms with E-state index in [1.807, 2.05) is 6.92 Å². The fraction of sp³-hybridized carbons (Fsp3) is 0.292. The number of carbonyl (C=O) groups excluding carboxylic acids is 2.